The van der Waals surface area contributed by atoms with Gasteiger partial charge in [-0.2, -0.15) is 0 Å². The normalized spacial score (nSPS) is 21.8. The highest BCUT2D eigenvalue weighted by Gasteiger charge is 2.51. The molecule has 1 aliphatic rings. The first kappa shape index (κ1) is 24.7. The summed E-state index contributed by atoms with van der Waals surface area (Å²) >= 11 is 7.96. The number of amides is 1. The lowest BCUT2D eigenvalue weighted by molar-refractivity contribution is 0.0560. The molecule has 8 nitrogen and oxygen atoms in total. The number of aliphatic imine (C=N–C) groups is 1. The summed E-state index contributed by atoms with van der Waals surface area (Å²) in [7, 11) is -3.72. The number of imidazole rings is 1. The summed E-state index contributed by atoms with van der Waals surface area (Å²) in [6.07, 6.45) is 3.03. The number of amidine groups is 1. The number of hydrogen-bond acceptors (Lipinski definition) is 7. The quantitative estimate of drug-likeness (QED) is 0.506. The zero-order valence-electron chi connectivity index (χ0n) is 19.8. The molecule has 1 N–H and O–H groups in total. The van der Waals surface area contributed by atoms with E-state index in [-0.39, 0.29) is 11.6 Å². The highest BCUT2D eigenvalue weighted by atomic mass is 35.5. The summed E-state index contributed by atoms with van der Waals surface area (Å²) in [5, 5.41) is 2.98. The van der Waals surface area contributed by atoms with E-state index in [9.17, 15) is 13.2 Å². The zero-order chi connectivity index (χ0) is 25.1. The number of fused-ring (bicyclic) bond motifs is 1. The Hall–Kier alpha value is -2.43. The number of ether oxygens (including phenoxy) is 1. The first-order valence-corrected chi connectivity index (χ1v) is 13.5. The van der Waals surface area contributed by atoms with Gasteiger partial charge in [0, 0.05) is 12.4 Å². The molecule has 4 heterocycles. The smallest absolute Gasteiger partial charge is 0.413 e. The molecule has 1 aliphatic heterocycles. The van der Waals surface area contributed by atoms with E-state index in [0.29, 0.717) is 9.90 Å². The van der Waals surface area contributed by atoms with Crippen molar-refractivity contribution in [2.24, 2.45) is 4.99 Å². The molecule has 34 heavy (non-hydrogen) atoms. The second-order valence-corrected chi connectivity index (χ2v) is 14.0. The molecule has 1 atom stereocenters. The highest BCUT2D eigenvalue weighted by Crippen LogP contribution is 2.45. The van der Waals surface area contributed by atoms with Gasteiger partial charge in [0.05, 0.1) is 26.2 Å². The SMILES string of the molecule is CC(C)(C)OC(=O)NC1=N[C@](C)(c2sc(-c3cn4ccccc4n3)cc2Cl)CS(=O)(=O)C1(C)C. The minimum absolute atomic E-state index is 0.0225. The number of alkyl carbamates (subject to hydrolysis) is 1. The highest BCUT2D eigenvalue weighted by molar-refractivity contribution is 7.93. The van der Waals surface area contributed by atoms with Crippen LogP contribution >= 0.6 is 22.9 Å². The average molecular weight is 523 g/mol. The number of thiophene rings is 1. The van der Waals surface area contributed by atoms with Crippen molar-refractivity contribution in [1.82, 2.24) is 14.7 Å². The molecule has 4 rings (SSSR count). The number of sulfone groups is 1. The van der Waals surface area contributed by atoms with Crippen LogP contribution in [0.1, 0.15) is 46.4 Å². The van der Waals surface area contributed by atoms with Gasteiger partial charge >= 0.3 is 6.09 Å². The number of hydrogen-bond donors (Lipinski definition) is 1. The van der Waals surface area contributed by atoms with Gasteiger partial charge < -0.3 is 9.14 Å². The maximum atomic E-state index is 13.3. The topological polar surface area (TPSA) is 102 Å². The lowest BCUT2D eigenvalue weighted by Crippen LogP contribution is -2.57. The molecule has 0 aromatic carbocycles. The average Bonchev–Trinajstić information content (AvgIpc) is 3.28. The summed E-state index contributed by atoms with van der Waals surface area (Å²) in [6, 6.07) is 7.49. The predicted molar refractivity (Wildman–Crippen MR) is 136 cm³/mol. The molecule has 11 heteroatoms. The lowest BCUT2D eigenvalue weighted by Gasteiger charge is -2.38. The first-order chi connectivity index (χ1) is 15.6. The van der Waals surface area contributed by atoms with E-state index >= 15 is 0 Å². The third-order valence-corrected chi connectivity index (χ3v) is 10.1. The van der Waals surface area contributed by atoms with E-state index in [0.717, 1.165) is 16.2 Å². The predicted octanol–water partition coefficient (Wildman–Crippen LogP) is 5.06. The molecule has 0 bridgehead atoms. The Morgan fingerprint density at radius 3 is 2.62 bits per heavy atom. The van der Waals surface area contributed by atoms with Crippen molar-refractivity contribution in [1.29, 1.82) is 0 Å². The van der Waals surface area contributed by atoms with Crippen LogP contribution in [0.15, 0.2) is 41.7 Å². The number of nitrogens with zero attached hydrogens (tertiary/aromatic N) is 3. The summed E-state index contributed by atoms with van der Waals surface area (Å²) in [4.78, 5) is 23.2. The summed E-state index contributed by atoms with van der Waals surface area (Å²) < 4.78 is 32.5. The minimum atomic E-state index is -3.72. The Bertz CT molecular complexity index is 1380. The molecule has 0 aliphatic carbocycles. The van der Waals surface area contributed by atoms with Crippen LogP contribution in [-0.2, 0) is 20.1 Å². The van der Waals surface area contributed by atoms with Gasteiger partial charge in [-0.05, 0) is 59.7 Å². The number of nitrogens with one attached hydrogen (secondary N) is 1. The Labute approximate surface area is 207 Å². The molecule has 0 saturated carbocycles. The number of aromatic nitrogens is 2. The largest absolute Gasteiger partial charge is 0.444 e. The lowest BCUT2D eigenvalue weighted by atomic mass is 10.0. The van der Waals surface area contributed by atoms with Gasteiger partial charge in [-0.3, -0.25) is 10.3 Å². The number of halogens is 1. The van der Waals surface area contributed by atoms with Crippen molar-refractivity contribution >= 4 is 50.4 Å². The van der Waals surface area contributed by atoms with Crippen LogP contribution in [0, 0.1) is 0 Å². The minimum Gasteiger partial charge on any atom is -0.444 e. The molecule has 0 unspecified atom stereocenters. The van der Waals surface area contributed by atoms with Crippen LogP contribution < -0.4 is 5.32 Å². The van der Waals surface area contributed by atoms with Gasteiger partial charge in [0.2, 0.25) is 0 Å². The summed E-state index contributed by atoms with van der Waals surface area (Å²) in [6.45, 7) is 9.95. The number of rotatable bonds is 2. The van der Waals surface area contributed by atoms with Crippen LogP contribution in [0.2, 0.25) is 5.02 Å². The van der Waals surface area contributed by atoms with Crippen molar-refractivity contribution in [3.05, 3.63) is 46.6 Å². The monoisotopic (exact) mass is 522 g/mol. The second kappa shape index (κ2) is 8.07. The van der Waals surface area contributed by atoms with Gasteiger partial charge in [-0.25, -0.2) is 18.2 Å². The number of pyridine rings is 1. The standard InChI is InChI=1S/C23H27ClN4O4S2/c1-21(2,3)32-20(29)26-19-22(4,5)34(30,31)13-23(6,27-19)18-14(24)11-16(33-18)15-12-28-10-8-7-9-17(28)25-15/h7-12H,13H2,1-6H3,(H,26,27,29)/t23-/m0/s1. The van der Waals surface area contributed by atoms with Gasteiger partial charge in [0.1, 0.15) is 27.4 Å². The molecule has 3 aromatic rings. The van der Waals surface area contributed by atoms with Crippen molar-refractivity contribution < 1.29 is 17.9 Å². The van der Waals surface area contributed by atoms with Crippen LogP contribution in [0.5, 0.6) is 0 Å². The fourth-order valence-corrected chi connectivity index (χ4v) is 7.10. The van der Waals surface area contributed by atoms with E-state index in [1.165, 1.54) is 25.2 Å². The van der Waals surface area contributed by atoms with E-state index < -0.39 is 31.8 Å². The summed E-state index contributed by atoms with van der Waals surface area (Å²) in [5.41, 5.74) is -0.425. The van der Waals surface area contributed by atoms with E-state index in [1.54, 1.807) is 33.8 Å². The van der Waals surface area contributed by atoms with Crippen LogP contribution in [0.3, 0.4) is 0 Å². The van der Waals surface area contributed by atoms with Crippen molar-refractivity contribution in [2.45, 2.75) is 57.4 Å². The van der Waals surface area contributed by atoms with Crippen LogP contribution in [-0.4, -0.2) is 45.8 Å². The van der Waals surface area contributed by atoms with E-state index in [4.69, 9.17) is 21.3 Å². The third-order valence-electron chi connectivity index (χ3n) is 5.59. The molecule has 3 aromatic heterocycles. The molecule has 1 amide bonds. The Balaban J connectivity index is 1.77. The first-order valence-electron chi connectivity index (χ1n) is 10.7. The molecule has 0 radical (unpaired) electrons. The Morgan fingerprint density at radius 1 is 1.26 bits per heavy atom. The second-order valence-electron chi connectivity index (χ2n) is 10.0. The van der Waals surface area contributed by atoms with Crippen molar-refractivity contribution in [3.8, 4) is 10.6 Å². The fourth-order valence-electron chi connectivity index (χ4n) is 3.72. The Morgan fingerprint density at radius 2 is 1.97 bits per heavy atom. The molecular formula is C23H27ClN4O4S2. The van der Waals surface area contributed by atoms with Crippen molar-refractivity contribution in [3.63, 3.8) is 0 Å². The fraction of sp³-hybridized carbons (Fsp3) is 0.435. The van der Waals surface area contributed by atoms with Crippen LogP contribution in [0.4, 0.5) is 4.79 Å². The molecule has 0 spiro atoms. The van der Waals surface area contributed by atoms with Gasteiger partial charge in [0.15, 0.2) is 9.84 Å². The van der Waals surface area contributed by atoms with Crippen molar-refractivity contribution in [2.75, 3.05) is 5.75 Å². The molecule has 0 fully saturated rings. The van der Waals surface area contributed by atoms with E-state index in [1.807, 2.05) is 35.0 Å². The summed E-state index contributed by atoms with van der Waals surface area (Å²) in [5.74, 6) is -0.230. The number of carbonyl (C=O) groups excluding carboxylic acids is 1. The van der Waals surface area contributed by atoms with E-state index in [2.05, 4.69) is 10.3 Å². The van der Waals surface area contributed by atoms with Gasteiger partial charge in [-0.15, -0.1) is 11.3 Å². The molecular weight excluding hydrogens is 496 g/mol. The number of carbonyl (C=O) groups is 1. The molecule has 182 valence electrons. The molecule has 0 saturated heterocycles. The Kier molecular flexibility index (Phi) is 5.86. The maximum Gasteiger partial charge on any atom is 0.413 e. The third kappa shape index (κ3) is 4.46. The van der Waals surface area contributed by atoms with Gasteiger partial charge in [0.25, 0.3) is 0 Å². The maximum absolute atomic E-state index is 13.3. The van der Waals surface area contributed by atoms with Crippen LogP contribution in [0.25, 0.3) is 16.2 Å². The van der Waals surface area contributed by atoms with Gasteiger partial charge in [-0.1, -0.05) is 17.7 Å². The zero-order valence-corrected chi connectivity index (χ0v) is 22.2.